The number of nitrogens with one attached hydrogen (secondary N) is 1. The number of hydrogen-bond acceptors (Lipinski definition) is 3. The van der Waals surface area contributed by atoms with Crippen LogP contribution in [0.25, 0.3) is 0 Å². The van der Waals surface area contributed by atoms with Crippen molar-refractivity contribution < 1.29 is 18.8 Å². The first-order chi connectivity index (χ1) is 11.3. The zero-order valence-corrected chi connectivity index (χ0v) is 14.1. The van der Waals surface area contributed by atoms with Gasteiger partial charge in [0.1, 0.15) is 18.4 Å². The van der Waals surface area contributed by atoms with E-state index in [-0.39, 0.29) is 36.6 Å². The van der Waals surface area contributed by atoms with Crippen LogP contribution in [0.2, 0.25) is 0 Å². The Balaban J connectivity index is 1.94. The Bertz CT molecular complexity index is 630. The third kappa shape index (κ3) is 4.31. The Labute approximate surface area is 140 Å². The number of benzene rings is 1. The molecule has 1 unspecified atom stereocenters. The molecular formula is C17H22FN3O3. The molecule has 1 aromatic carbocycles. The van der Waals surface area contributed by atoms with Gasteiger partial charge in [-0.1, -0.05) is 26.0 Å². The highest BCUT2D eigenvalue weighted by molar-refractivity contribution is 6.06. The van der Waals surface area contributed by atoms with Crippen LogP contribution in [0, 0.1) is 11.7 Å². The number of halogens is 1. The molecule has 1 fully saturated rings. The molecule has 1 aromatic rings. The summed E-state index contributed by atoms with van der Waals surface area (Å²) in [7, 11) is 1.58. The fraction of sp³-hybridized carbons (Fsp3) is 0.471. The van der Waals surface area contributed by atoms with Crippen LogP contribution < -0.4 is 5.32 Å². The number of amides is 4. The highest BCUT2D eigenvalue weighted by Gasteiger charge is 2.39. The molecule has 1 heterocycles. The number of imide groups is 1. The lowest BCUT2D eigenvalue weighted by molar-refractivity contribution is -0.137. The van der Waals surface area contributed by atoms with E-state index < -0.39 is 12.1 Å². The topological polar surface area (TPSA) is 69.7 Å². The zero-order valence-electron chi connectivity index (χ0n) is 14.1. The van der Waals surface area contributed by atoms with Gasteiger partial charge in [0, 0.05) is 13.6 Å². The smallest absolute Gasteiger partial charge is 0.325 e. The molecule has 1 aliphatic heterocycles. The van der Waals surface area contributed by atoms with Gasteiger partial charge in [0.2, 0.25) is 5.91 Å². The number of nitrogens with zero attached hydrogens (tertiary/aromatic N) is 2. The second kappa shape index (κ2) is 7.42. The predicted octanol–water partition coefficient (Wildman–Crippen LogP) is 1.75. The average Bonchev–Trinajstić information content (AvgIpc) is 2.76. The number of carbonyl (C=O) groups is 3. The summed E-state index contributed by atoms with van der Waals surface area (Å²) in [6.45, 7) is 3.91. The molecule has 2 rings (SSSR count). The van der Waals surface area contributed by atoms with Gasteiger partial charge in [0.05, 0.1) is 0 Å². The van der Waals surface area contributed by atoms with Gasteiger partial charge < -0.3 is 10.2 Å². The number of urea groups is 1. The van der Waals surface area contributed by atoms with Gasteiger partial charge in [-0.05, 0) is 30.0 Å². The first-order valence-electron chi connectivity index (χ1n) is 7.88. The lowest BCUT2D eigenvalue weighted by atomic mass is 10.0. The van der Waals surface area contributed by atoms with E-state index in [1.165, 1.54) is 17.0 Å². The predicted molar refractivity (Wildman–Crippen MR) is 86.4 cm³/mol. The van der Waals surface area contributed by atoms with Crippen molar-refractivity contribution in [1.29, 1.82) is 0 Å². The number of hydrogen-bond donors (Lipinski definition) is 1. The molecule has 1 aliphatic rings. The highest BCUT2D eigenvalue weighted by Crippen LogP contribution is 2.14. The first-order valence-corrected chi connectivity index (χ1v) is 7.88. The summed E-state index contributed by atoms with van der Waals surface area (Å²) in [5.41, 5.74) is 0.766. The summed E-state index contributed by atoms with van der Waals surface area (Å²) in [5.74, 6) is -0.801. The molecule has 0 bridgehead atoms. The Morgan fingerprint density at radius 2 is 1.92 bits per heavy atom. The van der Waals surface area contributed by atoms with Crippen molar-refractivity contribution in [3.05, 3.63) is 35.6 Å². The molecule has 1 N–H and O–H groups in total. The van der Waals surface area contributed by atoms with Crippen molar-refractivity contribution in [3.8, 4) is 0 Å². The second-order valence-electron chi connectivity index (χ2n) is 6.43. The summed E-state index contributed by atoms with van der Waals surface area (Å²) in [6, 6.07) is 4.72. The summed E-state index contributed by atoms with van der Waals surface area (Å²) in [4.78, 5) is 38.8. The molecule has 1 atom stereocenters. The Kier molecular flexibility index (Phi) is 5.54. The standard InChI is InChI=1S/C17H22FN3O3/c1-11(2)8-14-16(23)21(17(24)19-14)10-15(22)20(3)9-12-4-6-13(18)7-5-12/h4-7,11,14H,8-10H2,1-3H3,(H,19,24). The van der Waals surface area contributed by atoms with Crippen molar-refractivity contribution in [1.82, 2.24) is 15.1 Å². The summed E-state index contributed by atoms with van der Waals surface area (Å²) in [5, 5.41) is 2.61. The van der Waals surface area contributed by atoms with Crippen molar-refractivity contribution in [2.24, 2.45) is 5.92 Å². The third-order valence-corrected chi connectivity index (χ3v) is 3.87. The minimum Gasteiger partial charge on any atom is -0.340 e. The maximum absolute atomic E-state index is 12.9. The summed E-state index contributed by atoms with van der Waals surface area (Å²) < 4.78 is 12.9. The summed E-state index contributed by atoms with van der Waals surface area (Å²) in [6.07, 6.45) is 0.542. The van der Waals surface area contributed by atoms with E-state index in [0.29, 0.717) is 6.42 Å². The normalized spacial score (nSPS) is 17.4. The van der Waals surface area contributed by atoms with E-state index in [4.69, 9.17) is 0 Å². The minimum absolute atomic E-state index is 0.260. The molecule has 0 aliphatic carbocycles. The Morgan fingerprint density at radius 1 is 1.29 bits per heavy atom. The summed E-state index contributed by atoms with van der Waals surface area (Å²) >= 11 is 0. The molecule has 0 radical (unpaired) electrons. The molecule has 130 valence electrons. The molecule has 0 spiro atoms. The van der Waals surface area contributed by atoms with Crippen LogP contribution in [-0.4, -0.2) is 47.3 Å². The van der Waals surface area contributed by atoms with E-state index in [1.807, 2.05) is 13.8 Å². The highest BCUT2D eigenvalue weighted by atomic mass is 19.1. The van der Waals surface area contributed by atoms with E-state index in [2.05, 4.69) is 5.32 Å². The second-order valence-corrected chi connectivity index (χ2v) is 6.43. The van der Waals surface area contributed by atoms with Gasteiger partial charge in [0.15, 0.2) is 0 Å². The van der Waals surface area contributed by atoms with Crippen molar-refractivity contribution in [3.63, 3.8) is 0 Å². The van der Waals surface area contributed by atoms with Gasteiger partial charge in [-0.25, -0.2) is 9.18 Å². The largest absolute Gasteiger partial charge is 0.340 e. The average molecular weight is 335 g/mol. The Hall–Kier alpha value is -2.44. The fourth-order valence-electron chi connectivity index (χ4n) is 2.57. The number of rotatable bonds is 6. The van der Waals surface area contributed by atoms with Gasteiger partial charge in [-0.3, -0.25) is 14.5 Å². The van der Waals surface area contributed by atoms with Gasteiger partial charge >= 0.3 is 6.03 Å². The van der Waals surface area contributed by atoms with Crippen LogP contribution in [0.15, 0.2) is 24.3 Å². The van der Waals surface area contributed by atoms with E-state index in [1.54, 1.807) is 19.2 Å². The zero-order chi connectivity index (χ0) is 17.9. The van der Waals surface area contributed by atoms with Crippen LogP contribution in [0.3, 0.4) is 0 Å². The van der Waals surface area contributed by atoms with Crippen molar-refractivity contribution in [2.45, 2.75) is 32.9 Å². The SMILES string of the molecule is CC(C)CC1NC(=O)N(CC(=O)N(C)Cc2ccc(F)cc2)C1=O. The molecule has 0 aromatic heterocycles. The van der Waals surface area contributed by atoms with Crippen LogP contribution in [-0.2, 0) is 16.1 Å². The molecule has 24 heavy (non-hydrogen) atoms. The molecule has 7 heteroatoms. The first kappa shape index (κ1) is 17.9. The van der Waals surface area contributed by atoms with Crippen LogP contribution in [0.1, 0.15) is 25.8 Å². The Morgan fingerprint density at radius 3 is 2.50 bits per heavy atom. The molecule has 0 saturated carbocycles. The van der Waals surface area contributed by atoms with E-state index >= 15 is 0 Å². The lowest BCUT2D eigenvalue weighted by Gasteiger charge is -2.20. The third-order valence-electron chi connectivity index (χ3n) is 3.87. The van der Waals surface area contributed by atoms with E-state index in [0.717, 1.165) is 10.5 Å². The lowest BCUT2D eigenvalue weighted by Crippen LogP contribution is -2.41. The van der Waals surface area contributed by atoms with Gasteiger partial charge in [-0.2, -0.15) is 0 Å². The van der Waals surface area contributed by atoms with E-state index in [9.17, 15) is 18.8 Å². The van der Waals surface area contributed by atoms with Gasteiger partial charge in [-0.15, -0.1) is 0 Å². The maximum atomic E-state index is 12.9. The fourth-order valence-corrected chi connectivity index (χ4v) is 2.57. The van der Waals surface area contributed by atoms with Gasteiger partial charge in [0.25, 0.3) is 5.91 Å². The van der Waals surface area contributed by atoms with Crippen LogP contribution >= 0.6 is 0 Å². The molecular weight excluding hydrogens is 313 g/mol. The molecule has 4 amide bonds. The quantitative estimate of drug-likeness (QED) is 0.805. The maximum Gasteiger partial charge on any atom is 0.325 e. The van der Waals surface area contributed by atoms with Crippen LogP contribution in [0.4, 0.5) is 9.18 Å². The van der Waals surface area contributed by atoms with Crippen molar-refractivity contribution >= 4 is 17.8 Å². The van der Waals surface area contributed by atoms with Crippen molar-refractivity contribution in [2.75, 3.05) is 13.6 Å². The molecule has 6 nitrogen and oxygen atoms in total. The molecule has 1 saturated heterocycles. The number of carbonyl (C=O) groups excluding carboxylic acids is 3. The monoisotopic (exact) mass is 335 g/mol. The minimum atomic E-state index is -0.562. The van der Waals surface area contributed by atoms with Crippen LogP contribution in [0.5, 0.6) is 0 Å². The number of likely N-dealkylation sites (N-methyl/N-ethyl adjacent to an activating group) is 1.